The predicted octanol–water partition coefficient (Wildman–Crippen LogP) is 2.31. The summed E-state index contributed by atoms with van der Waals surface area (Å²) in [5, 5.41) is 8.08. The molecule has 1 amide bonds. The Balaban J connectivity index is 2.08. The quantitative estimate of drug-likeness (QED) is 0.803. The summed E-state index contributed by atoms with van der Waals surface area (Å²) in [6.45, 7) is 1.82. The van der Waals surface area contributed by atoms with Crippen LogP contribution in [0, 0.1) is 0 Å². The van der Waals surface area contributed by atoms with Gasteiger partial charge in [-0.2, -0.15) is 0 Å². The molecule has 0 aliphatic rings. The number of thioether (sulfide) groups is 1. The van der Waals surface area contributed by atoms with Crippen molar-refractivity contribution in [2.45, 2.75) is 17.4 Å². The number of aromatic nitrogens is 2. The van der Waals surface area contributed by atoms with Crippen LogP contribution in [-0.2, 0) is 4.79 Å². The molecular formula is C13H15N3O2S. The highest BCUT2D eigenvalue weighted by molar-refractivity contribution is 8.00. The number of hydrogen-bond acceptors (Lipinski definition) is 5. The van der Waals surface area contributed by atoms with E-state index in [0.717, 1.165) is 5.56 Å². The van der Waals surface area contributed by atoms with Gasteiger partial charge in [0.05, 0.1) is 5.25 Å². The van der Waals surface area contributed by atoms with Gasteiger partial charge in [0, 0.05) is 19.7 Å². The molecule has 0 spiro atoms. The van der Waals surface area contributed by atoms with Crippen LogP contribution in [0.25, 0.3) is 11.5 Å². The topological polar surface area (TPSA) is 59.2 Å². The molecule has 2 aromatic rings. The first-order chi connectivity index (χ1) is 9.08. The lowest BCUT2D eigenvalue weighted by atomic mass is 10.2. The molecule has 0 N–H and O–H groups in total. The van der Waals surface area contributed by atoms with Gasteiger partial charge in [-0.05, 0) is 19.1 Å². The molecular weight excluding hydrogens is 262 g/mol. The van der Waals surface area contributed by atoms with Gasteiger partial charge in [0.2, 0.25) is 11.8 Å². The molecule has 1 heterocycles. The van der Waals surface area contributed by atoms with Gasteiger partial charge in [-0.25, -0.2) is 0 Å². The third-order valence-corrected chi connectivity index (χ3v) is 3.42. The lowest BCUT2D eigenvalue weighted by Gasteiger charge is -2.14. The van der Waals surface area contributed by atoms with Gasteiger partial charge < -0.3 is 9.32 Å². The molecule has 0 aliphatic carbocycles. The highest BCUT2D eigenvalue weighted by Crippen LogP contribution is 2.26. The van der Waals surface area contributed by atoms with Crippen molar-refractivity contribution in [1.29, 1.82) is 0 Å². The highest BCUT2D eigenvalue weighted by Gasteiger charge is 2.19. The lowest BCUT2D eigenvalue weighted by Crippen LogP contribution is -2.29. The summed E-state index contributed by atoms with van der Waals surface area (Å²) < 4.78 is 5.54. The van der Waals surface area contributed by atoms with E-state index >= 15 is 0 Å². The number of carbonyl (C=O) groups excluding carboxylic acids is 1. The first-order valence-electron chi connectivity index (χ1n) is 5.84. The van der Waals surface area contributed by atoms with Crippen LogP contribution in [0.4, 0.5) is 0 Å². The van der Waals surface area contributed by atoms with E-state index in [4.69, 9.17) is 4.42 Å². The molecule has 19 heavy (non-hydrogen) atoms. The maximum atomic E-state index is 11.7. The Kier molecular flexibility index (Phi) is 4.21. The van der Waals surface area contributed by atoms with Crippen molar-refractivity contribution in [2.24, 2.45) is 0 Å². The zero-order valence-corrected chi connectivity index (χ0v) is 11.8. The summed E-state index contributed by atoms with van der Waals surface area (Å²) in [6, 6.07) is 9.54. The van der Waals surface area contributed by atoms with Crippen LogP contribution >= 0.6 is 11.8 Å². The first-order valence-corrected chi connectivity index (χ1v) is 6.72. The smallest absolute Gasteiger partial charge is 0.277 e. The normalized spacial score (nSPS) is 12.2. The summed E-state index contributed by atoms with van der Waals surface area (Å²) in [5.74, 6) is 0.483. The van der Waals surface area contributed by atoms with E-state index in [0.29, 0.717) is 11.1 Å². The molecule has 0 unspecified atom stereocenters. The second-order valence-electron chi connectivity index (χ2n) is 4.23. The zero-order chi connectivity index (χ0) is 13.8. The fourth-order valence-electron chi connectivity index (χ4n) is 1.52. The average molecular weight is 277 g/mol. The Morgan fingerprint density at radius 2 is 1.95 bits per heavy atom. The average Bonchev–Trinajstić information content (AvgIpc) is 2.87. The predicted molar refractivity (Wildman–Crippen MR) is 73.7 cm³/mol. The minimum Gasteiger partial charge on any atom is -0.411 e. The fourth-order valence-corrected chi connectivity index (χ4v) is 2.35. The molecule has 0 bridgehead atoms. The molecule has 2 rings (SSSR count). The van der Waals surface area contributed by atoms with Gasteiger partial charge in [-0.3, -0.25) is 4.79 Å². The third kappa shape index (κ3) is 3.35. The lowest BCUT2D eigenvalue weighted by molar-refractivity contribution is -0.127. The molecule has 0 saturated carbocycles. The van der Waals surface area contributed by atoms with Crippen LogP contribution in [0.1, 0.15) is 6.92 Å². The molecule has 0 fully saturated rings. The zero-order valence-electron chi connectivity index (χ0n) is 11.0. The van der Waals surface area contributed by atoms with E-state index in [1.54, 1.807) is 19.0 Å². The number of carbonyl (C=O) groups is 1. The highest BCUT2D eigenvalue weighted by atomic mass is 32.2. The van der Waals surface area contributed by atoms with Gasteiger partial charge in [0.1, 0.15) is 0 Å². The van der Waals surface area contributed by atoms with E-state index in [2.05, 4.69) is 10.2 Å². The van der Waals surface area contributed by atoms with Crippen molar-refractivity contribution in [3.8, 4) is 11.5 Å². The minimum absolute atomic E-state index is 0.0180. The second-order valence-corrected chi connectivity index (χ2v) is 5.52. The molecule has 100 valence electrons. The molecule has 6 heteroatoms. The van der Waals surface area contributed by atoms with Gasteiger partial charge in [-0.1, -0.05) is 30.0 Å². The van der Waals surface area contributed by atoms with Gasteiger partial charge in [0.25, 0.3) is 5.22 Å². The Hall–Kier alpha value is -1.82. The Morgan fingerprint density at radius 1 is 1.26 bits per heavy atom. The molecule has 1 aromatic carbocycles. The number of hydrogen-bond donors (Lipinski definition) is 0. The molecule has 0 radical (unpaired) electrons. The maximum Gasteiger partial charge on any atom is 0.277 e. The minimum atomic E-state index is -0.251. The van der Waals surface area contributed by atoms with Gasteiger partial charge >= 0.3 is 0 Å². The molecule has 0 aliphatic heterocycles. The van der Waals surface area contributed by atoms with Crippen molar-refractivity contribution < 1.29 is 9.21 Å². The summed E-state index contributed by atoms with van der Waals surface area (Å²) >= 11 is 1.26. The second kappa shape index (κ2) is 5.88. The first kappa shape index (κ1) is 13.6. The number of benzene rings is 1. The Morgan fingerprint density at radius 3 is 2.58 bits per heavy atom. The van der Waals surface area contributed by atoms with Crippen LogP contribution < -0.4 is 0 Å². The third-order valence-electron chi connectivity index (χ3n) is 2.49. The van der Waals surface area contributed by atoms with Crippen LogP contribution in [-0.4, -0.2) is 40.3 Å². The molecule has 0 saturated heterocycles. The van der Waals surface area contributed by atoms with Crippen molar-refractivity contribution >= 4 is 17.7 Å². The van der Waals surface area contributed by atoms with E-state index in [1.807, 2.05) is 37.3 Å². The van der Waals surface area contributed by atoms with E-state index in [1.165, 1.54) is 11.8 Å². The molecule has 5 nitrogen and oxygen atoms in total. The van der Waals surface area contributed by atoms with Crippen LogP contribution in [0.5, 0.6) is 0 Å². The number of rotatable bonds is 4. The monoisotopic (exact) mass is 277 g/mol. The van der Waals surface area contributed by atoms with Gasteiger partial charge in [0.15, 0.2) is 0 Å². The van der Waals surface area contributed by atoms with E-state index in [9.17, 15) is 4.79 Å². The Bertz CT molecular complexity index is 554. The number of nitrogens with zero attached hydrogens (tertiary/aromatic N) is 3. The number of amides is 1. The van der Waals surface area contributed by atoms with Crippen molar-refractivity contribution in [3.63, 3.8) is 0 Å². The van der Waals surface area contributed by atoms with E-state index < -0.39 is 0 Å². The molecule has 1 atom stereocenters. The summed E-state index contributed by atoms with van der Waals surface area (Å²) in [7, 11) is 3.45. The van der Waals surface area contributed by atoms with Crippen molar-refractivity contribution in [3.05, 3.63) is 30.3 Å². The summed E-state index contributed by atoms with van der Waals surface area (Å²) in [4.78, 5) is 13.3. The fraction of sp³-hybridized carbons (Fsp3) is 0.308. The van der Waals surface area contributed by atoms with Crippen LogP contribution in [0.2, 0.25) is 0 Å². The standard InChI is InChI=1S/C13H15N3O2S/c1-9(12(17)16(2)3)19-13-15-14-11(18-13)10-7-5-4-6-8-10/h4-9H,1-3H3/t9-/m1/s1. The van der Waals surface area contributed by atoms with Gasteiger partial charge in [-0.15, -0.1) is 10.2 Å². The Labute approximate surface area is 116 Å². The summed E-state index contributed by atoms with van der Waals surface area (Å²) in [5.41, 5.74) is 0.869. The van der Waals surface area contributed by atoms with Crippen molar-refractivity contribution in [1.82, 2.24) is 15.1 Å². The molecule has 1 aromatic heterocycles. The largest absolute Gasteiger partial charge is 0.411 e. The SMILES string of the molecule is C[C@@H](Sc1nnc(-c2ccccc2)o1)C(=O)N(C)C. The van der Waals surface area contributed by atoms with Crippen molar-refractivity contribution in [2.75, 3.05) is 14.1 Å². The maximum absolute atomic E-state index is 11.7. The van der Waals surface area contributed by atoms with E-state index in [-0.39, 0.29) is 11.2 Å². The summed E-state index contributed by atoms with van der Waals surface area (Å²) in [6.07, 6.45) is 0. The van der Waals surface area contributed by atoms with Crippen LogP contribution in [0.15, 0.2) is 40.0 Å². The van der Waals surface area contributed by atoms with Crippen LogP contribution in [0.3, 0.4) is 0 Å².